The highest BCUT2D eigenvalue weighted by Gasteiger charge is 2.27. The fourth-order valence-electron chi connectivity index (χ4n) is 1.98. The van der Waals surface area contributed by atoms with Gasteiger partial charge in [0.05, 0.1) is 5.69 Å². The smallest absolute Gasteiger partial charge is 0.261 e. The van der Waals surface area contributed by atoms with Crippen LogP contribution in [0.15, 0.2) is 4.90 Å². The largest absolute Gasteiger partial charge is 0.396 e. The summed E-state index contributed by atoms with van der Waals surface area (Å²) in [6.45, 7) is 6.07. The zero-order valence-electron chi connectivity index (χ0n) is 12.1. The van der Waals surface area contributed by atoms with Crippen molar-refractivity contribution in [3.63, 3.8) is 0 Å². The maximum absolute atomic E-state index is 11.9. The van der Waals surface area contributed by atoms with Gasteiger partial charge in [-0.3, -0.25) is 4.79 Å². The van der Waals surface area contributed by atoms with Crippen LogP contribution in [-0.4, -0.2) is 26.6 Å². The van der Waals surface area contributed by atoms with E-state index in [4.69, 9.17) is 11.5 Å². The number of sulfone groups is 1. The van der Waals surface area contributed by atoms with Gasteiger partial charge in [0, 0.05) is 12.3 Å². The molecule has 0 aliphatic heterocycles. The van der Waals surface area contributed by atoms with Crippen LogP contribution in [-0.2, 0) is 9.84 Å². The van der Waals surface area contributed by atoms with Gasteiger partial charge in [-0.2, -0.15) is 0 Å². The molecule has 114 valence electrons. The van der Waals surface area contributed by atoms with Crippen molar-refractivity contribution in [3.05, 3.63) is 4.88 Å². The fraction of sp³-hybridized carbons (Fsp3) is 0.583. The van der Waals surface area contributed by atoms with Gasteiger partial charge in [0.2, 0.25) is 0 Å². The predicted molar refractivity (Wildman–Crippen MR) is 82.9 cm³/mol. The Bertz CT molecular complexity index is 606. The molecular weight excluding hydrogens is 298 g/mol. The minimum absolute atomic E-state index is 0.0320. The molecule has 0 saturated heterocycles. The summed E-state index contributed by atoms with van der Waals surface area (Å²) in [7, 11) is -3.54. The number of amides is 1. The number of rotatable bonds is 6. The number of anilines is 2. The Morgan fingerprint density at radius 2 is 1.95 bits per heavy atom. The Kier molecular flexibility index (Phi) is 5.04. The second-order valence-electron chi connectivity index (χ2n) is 5.04. The molecule has 8 heteroatoms. The summed E-state index contributed by atoms with van der Waals surface area (Å²) in [5.41, 5.74) is 10.9. The van der Waals surface area contributed by atoms with Gasteiger partial charge in [0.25, 0.3) is 5.91 Å². The van der Waals surface area contributed by atoms with Crippen LogP contribution < -0.4 is 16.8 Å². The van der Waals surface area contributed by atoms with Crippen LogP contribution in [0, 0.1) is 5.92 Å². The Morgan fingerprint density at radius 1 is 1.40 bits per heavy atom. The first-order valence-corrected chi connectivity index (χ1v) is 8.99. The minimum atomic E-state index is -3.54. The average Bonchev–Trinajstić information content (AvgIpc) is 2.62. The quantitative estimate of drug-likeness (QED) is 0.738. The van der Waals surface area contributed by atoms with E-state index in [0.717, 1.165) is 24.0 Å². The standard InChI is InChI=1S/C12H21N3O3S2/c1-5-7(6(2)3)15-12-10(20(4,17)18)8(13)9(19-12)11(14)16/h6-7,15H,5,13H2,1-4H3,(H2,14,16). The van der Waals surface area contributed by atoms with Gasteiger partial charge in [-0.15, -0.1) is 11.3 Å². The molecule has 20 heavy (non-hydrogen) atoms. The normalized spacial score (nSPS) is 13.4. The molecule has 5 N–H and O–H groups in total. The van der Waals surface area contributed by atoms with E-state index in [1.807, 2.05) is 20.8 Å². The van der Waals surface area contributed by atoms with E-state index >= 15 is 0 Å². The minimum Gasteiger partial charge on any atom is -0.396 e. The summed E-state index contributed by atoms with van der Waals surface area (Å²) in [5.74, 6) is -0.407. The van der Waals surface area contributed by atoms with Crippen LogP contribution in [0.3, 0.4) is 0 Å². The number of primary amides is 1. The third kappa shape index (κ3) is 3.43. The summed E-state index contributed by atoms with van der Waals surface area (Å²) in [4.78, 5) is 11.4. The Balaban J connectivity index is 3.39. The third-order valence-electron chi connectivity index (χ3n) is 3.06. The van der Waals surface area contributed by atoms with E-state index < -0.39 is 15.7 Å². The van der Waals surface area contributed by atoms with E-state index in [1.54, 1.807) is 0 Å². The topological polar surface area (TPSA) is 115 Å². The molecule has 6 nitrogen and oxygen atoms in total. The highest BCUT2D eigenvalue weighted by atomic mass is 32.2. The monoisotopic (exact) mass is 319 g/mol. The van der Waals surface area contributed by atoms with E-state index in [9.17, 15) is 13.2 Å². The van der Waals surface area contributed by atoms with Gasteiger partial charge in [0.1, 0.15) is 14.8 Å². The van der Waals surface area contributed by atoms with Gasteiger partial charge < -0.3 is 16.8 Å². The molecule has 1 rings (SSSR count). The van der Waals surface area contributed by atoms with Crippen LogP contribution in [0.5, 0.6) is 0 Å². The van der Waals surface area contributed by atoms with Crippen molar-refractivity contribution in [1.82, 2.24) is 0 Å². The molecule has 0 aromatic carbocycles. The SMILES string of the molecule is CCC(Nc1sc(C(N)=O)c(N)c1S(C)(=O)=O)C(C)C. The molecule has 1 unspecified atom stereocenters. The number of nitrogens with two attached hydrogens (primary N) is 2. The van der Waals surface area contributed by atoms with Crippen LogP contribution in [0.25, 0.3) is 0 Å². The first-order valence-electron chi connectivity index (χ1n) is 6.28. The molecule has 1 heterocycles. The third-order valence-corrected chi connectivity index (χ3v) is 5.50. The molecule has 1 atom stereocenters. The lowest BCUT2D eigenvalue weighted by Gasteiger charge is -2.21. The molecule has 0 saturated carbocycles. The van der Waals surface area contributed by atoms with Crippen molar-refractivity contribution in [1.29, 1.82) is 0 Å². The maximum atomic E-state index is 11.9. The van der Waals surface area contributed by atoms with E-state index in [2.05, 4.69) is 5.32 Å². The first-order chi connectivity index (χ1) is 9.09. The van der Waals surface area contributed by atoms with Gasteiger partial charge in [-0.05, 0) is 12.3 Å². The summed E-state index contributed by atoms with van der Waals surface area (Å²) < 4.78 is 23.8. The van der Waals surface area contributed by atoms with Crippen LogP contribution in [0.1, 0.15) is 36.9 Å². The Morgan fingerprint density at radius 3 is 2.30 bits per heavy atom. The van der Waals surface area contributed by atoms with Crippen molar-refractivity contribution >= 4 is 37.8 Å². The average molecular weight is 319 g/mol. The molecule has 0 radical (unpaired) electrons. The van der Waals surface area contributed by atoms with Crippen molar-refractivity contribution in [3.8, 4) is 0 Å². The number of carbonyl (C=O) groups is 1. The highest BCUT2D eigenvalue weighted by Crippen LogP contribution is 2.39. The first kappa shape index (κ1) is 16.8. The van der Waals surface area contributed by atoms with Crippen molar-refractivity contribution < 1.29 is 13.2 Å². The van der Waals surface area contributed by atoms with Crippen LogP contribution in [0.4, 0.5) is 10.7 Å². The van der Waals surface area contributed by atoms with E-state index in [-0.39, 0.29) is 21.5 Å². The number of thiophene rings is 1. The number of nitrogen functional groups attached to an aromatic ring is 1. The Hall–Kier alpha value is -1.28. The Labute approximate surface area is 123 Å². The van der Waals surface area contributed by atoms with E-state index in [1.165, 1.54) is 0 Å². The molecule has 0 fully saturated rings. The number of hydrogen-bond acceptors (Lipinski definition) is 6. The lowest BCUT2D eigenvalue weighted by molar-refractivity contribution is 0.100. The summed E-state index contributed by atoms with van der Waals surface area (Å²) in [6.07, 6.45) is 1.89. The van der Waals surface area contributed by atoms with E-state index in [0.29, 0.717) is 10.9 Å². The van der Waals surface area contributed by atoms with Crippen LogP contribution in [0.2, 0.25) is 0 Å². The van der Waals surface area contributed by atoms with Gasteiger partial charge in [-0.25, -0.2) is 8.42 Å². The highest BCUT2D eigenvalue weighted by molar-refractivity contribution is 7.91. The lowest BCUT2D eigenvalue weighted by Crippen LogP contribution is -2.24. The molecule has 1 amide bonds. The molecule has 0 aliphatic rings. The molecular formula is C12H21N3O3S2. The lowest BCUT2D eigenvalue weighted by atomic mass is 10.0. The zero-order valence-corrected chi connectivity index (χ0v) is 13.7. The predicted octanol–water partition coefficient (Wildman–Crippen LogP) is 1.68. The number of carbonyl (C=O) groups excluding carboxylic acids is 1. The zero-order chi connectivity index (χ0) is 15.7. The number of nitrogens with one attached hydrogen (secondary N) is 1. The van der Waals surface area contributed by atoms with Crippen molar-refractivity contribution in [2.24, 2.45) is 11.7 Å². The van der Waals surface area contributed by atoms with Gasteiger partial charge >= 0.3 is 0 Å². The number of hydrogen-bond donors (Lipinski definition) is 3. The molecule has 0 aliphatic carbocycles. The molecule has 1 aromatic heterocycles. The van der Waals surface area contributed by atoms with Gasteiger partial charge in [-0.1, -0.05) is 20.8 Å². The fourth-order valence-corrected chi connectivity index (χ4v) is 4.45. The van der Waals surface area contributed by atoms with Crippen molar-refractivity contribution in [2.45, 2.75) is 38.1 Å². The second kappa shape index (κ2) is 6.01. The second-order valence-corrected chi connectivity index (χ2v) is 8.02. The molecule has 0 bridgehead atoms. The van der Waals surface area contributed by atoms with Gasteiger partial charge in [0.15, 0.2) is 9.84 Å². The molecule has 1 aromatic rings. The molecule has 0 spiro atoms. The summed E-state index contributed by atoms with van der Waals surface area (Å²) in [6, 6.07) is 0.0919. The summed E-state index contributed by atoms with van der Waals surface area (Å²) in [5, 5.41) is 3.56. The maximum Gasteiger partial charge on any atom is 0.261 e. The van der Waals surface area contributed by atoms with Crippen molar-refractivity contribution in [2.75, 3.05) is 17.3 Å². The summed E-state index contributed by atoms with van der Waals surface area (Å²) >= 11 is 0.992. The van der Waals surface area contributed by atoms with Crippen LogP contribution >= 0.6 is 11.3 Å².